The van der Waals surface area contributed by atoms with Crippen molar-refractivity contribution in [3.63, 3.8) is 0 Å². The van der Waals surface area contributed by atoms with Crippen LogP contribution in [0.25, 0.3) is 0 Å². The summed E-state index contributed by atoms with van der Waals surface area (Å²) in [6.45, 7) is 3.40. The summed E-state index contributed by atoms with van der Waals surface area (Å²) in [6, 6.07) is 6.00. The Balaban J connectivity index is 2.08. The van der Waals surface area contributed by atoms with E-state index in [4.69, 9.17) is 12.2 Å². The lowest BCUT2D eigenvalue weighted by Crippen LogP contribution is -2.22. The van der Waals surface area contributed by atoms with Gasteiger partial charge in [-0.2, -0.15) is 0 Å². The molecule has 0 unspecified atom stereocenters. The molecule has 70 valence electrons. The second-order valence-corrected chi connectivity index (χ2v) is 3.89. The Morgan fingerprint density at radius 1 is 1.23 bits per heavy atom. The minimum Gasteiger partial charge on any atom is -0.326 e. The van der Waals surface area contributed by atoms with Gasteiger partial charge in [0.1, 0.15) is 4.64 Å². The summed E-state index contributed by atoms with van der Waals surface area (Å²) >= 11 is 5.22. The minimum absolute atomic E-state index is 0.925. The normalized spacial score (nSPS) is 17.8. The lowest BCUT2D eigenvalue weighted by molar-refractivity contribution is 0.268. The van der Waals surface area contributed by atoms with Crippen LogP contribution in [0.2, 0.25) is 0 Å². The molecule has 0 N–H and O–H groups in total. The van der Waals surface area contributed by atoms with Crippen molar-refractivity contribution in [2.75, 3.05) is 13.1 Å². The Morgan fingerprint density at radius 2 is 2.00 bits per heavy atom. The molecule has 2 rings (SSSR count). The fourth-order valence-corrected chi connectivity index (χ4v) is 1.91. The van der Waals surface area contributed by atoms with E-state index in [2.05, 4.69) is 15.7 Å². The number of nitrogens with zero attached hydrogens (tertiary/aromatic N) is 2. The van der Waals surface area contributed by atoms with Crippen LogP contribution < -0.4 is 0 Å². The van der Waals surface area contributed by atoms with Crippen molar-refractivity contribution in [3.8, 4) is 0 Å². The van der Waals surface area contributed by atoms with E-state index in [-0.39, 0.29) is 0 Å². The predicted molar refractivity (Wildman–Crippen MR) is 56.1 cm³/mol. The largest absolute Gasteiger partial charge is 0.326 e. The molecule has 0 saturated carbocycles. The molecule has 0 amide bonds. The highest BCUT2D eigenvalue weighted by molar-refractivity contribution is 7.71. The Hall–Kier alpha value is -0.670. The van der Waals surface area contributed by atoms with Gasteiger partial charge in [0.25, 0.3) is 0 Å². The van der Waals surface area contributed by atoms with Gasteiger partial charge in [0.2, 0.25) is 0 Å². The van der Waals surface area contributed by atoms with Gasteiger partial charge in [0.15, 0.2) is 0 Å². The summed E-state index contributed by atoms with van der Waals surface area (Å²) in [5.41, 5.74) is 0. The molecule has 1 saturated heterocycles. The molecule has 0 radical (unpaired) electrons. The zero-order chi connectivity index (χ0) is 9.10. The van der Waals surface area contributed by atoms with Gasteiger partial charge in [0, 0.05) is 6.20 Å². The van der Waals surface area contributed by atoms with Crippen LogP contribution in [0.1, 0.15) is 12.8 Å². The zero-order valence-electron chi connectivity index (χ0n) is 7.65. The standard InChI is InChI=1S/C10H14N2S/c13-10-5-1-2-8-12(10)9-11-6-3-4-7-11/h1-2,5,8H,3-4,6-7,9H2. The maximum Gasteiger partial charge on any atom is 0.106 e. The predicted octanol–water partition coefficient (Wildman–Crippen LogP) is 2.27. The fraction of sp³-hybridized carbons (Fsp3) is 0.500. The third-order valence-corrected chi connectivity index (χ3v) is 2.82. The van der Waals surface area contributed by atoms with Crippen molar-refractivity contribution in [2.24, 2.45) is 0 Å². The molecule has 13 heavy (non-hydrogen) atoms. The molecule has 0 spiro atoms. The van der Waals surface area contributed by atoms with E-state index in [0.29, 0.717) is 0 Å². The Morgan fingerprint density at radius 3 is 2.69 bits per heavy atom. The van der Waals surface area contributed by atoms with Crippen molar-refractivity contribution >= 4 is 12.2 Å². The first kappa shape index (κ1) is 8.91. The summed E-state index contributed by atoms with van der Waals surface area (Å²) in [4.78, 5) is 2.44. The minimum atomic E-state index is 0.925. The van der Waals surface area contributed by atoms with E-state index in [0.717, 1.165) is 11.3 Å². The van der Waals surface area contributed by atoms with Gasteiger partial charge in [-0.15, -0.1) is 0 Å². The molecule has 1 aliphatic heterocycles. The smallest absolute Gasteiger partial charge is 0.106 e. The van der Waals surface area contributed by atoms with E-state index in [9.17, 15) is 0 Å². The van der Waals surface area contributed by atoms with E-state index in [1.54, 1.807) is 0 Å². The van der Waals surface area contributed by atoms with Gasteiger partial charge in [0.05, 0.1) is 6.67 Å². The number of likely N-dealkylation sites (tertiary alicyclic amines) is 1. The molecule has 2 nitrogen and oxygen atoms in total. The first-order chi connectivity index (χ1) is 6.36. The van der Waals surface area contributed by atoms with Crippen LogP contribution in [-0.2, 0) is 6.67 Å². The lowest BCUT2D eigenvalue weighted by atomic mass is 10.4. The van der Waals surface area contributed by atoms with E-state index >= 15 is 0 Å². The first-order valence-electron chi connectivity index (χ1n) is 4.74. The summed E-state index contributed by atoms with van der Waals surface area (Å²) < 4.78 is 3.05. The van der Waals surface area contributed by atoms with Crippen LogP contribution in [0.3, 0.4) is 0 Å². The molecule has 0 atom stereocenters. The van der Waals surface area contributed by atoms with Crippen LogP contribution in [0, 0.1) is 4.64 Å². The van der Waals surface area contributed by atoms with Crippen LogP contribution in [-0.4, -0.2) is 22.6 Å². The average molecular weight is 194 g/mol. The highest BCUT2D eigenvalue weighted by Gasteiger charge is 2.10. The van der Waals surface area contributed by atoms with Crippen molar-refractivity contribution in [3.05, 3.63) is 29.0 Å². The Labute approximate surface area is 83.8 Å². The highest BCUT2D eigenvalue weighted by atomic mass is 32.1. The quantitative estimate of drug-likeness (QED) is 0.667. The van der Waals surface area contributed by atoms with E-state index < -0.39 is 0 Å². The molecule has 1 aromatic heterocycles. The summed E-state index contributed by atoms with van der Waals surface area (Å²) in [5.74, 6) is 0. The summed E-state index contributed by atoms with van der Waals surface area (Å²) in [7, 11) is 0. The van der Waals surface area contributed by atoms with E-state index in [1.807, 2.05) is 18.2 Å². The van der Waals surface area contributed by atoms with Crippen molar-refractivity contribution in [1.82, 2.24) is 9.47 Å². The lowest BCUT2D eigenvalue weighted by Gasteiger charge is -2.16. The molecular formula is C10H14N2S. The van der Waals surface area contributed by atoms with Crippen molar-refractivity contribution < 1.29 is 0 Å². The topological polar surface area (TPSA) is 8.17 Å². The van der Waals surface area contributed by atoms with Gasteiger partial charge >= 0.3 is 0 Å². The third kappa shape index (κ3) is 2.17. The molecule has 2 heterocycles. The Bertz CT molecular complexity index is 326. The maximum atomic E-state index is 5.22. The van der Waals surface area contributed by atoms with Crippen LogP contribution >= 0.6 is 12.2 Å². The van der Waals surface area contributed by atoms with Gasteiger partial charge in [-0.05, 0) is 38.1 Å². The Kier molecular flexibility index (Phi) is 2.76. The van der Waals surface area contributed by atoms with Crippen LogP contribution in [0.5, 0.6) is 0 Å². The third-order valence-electron chi connectivity index (χ3n) is 2.45. The fourth-order valence-electron chi connectivity index (χ4n) is 1.72. The number of hydrogen-bond donors (Lipinski definition) is 0. The average Bonchev–Trinajstić information content (AvgIpc) is 2.61. The number of hydrogen-bond acceptors (Lipinski definition) is 2. The SMILES string of the molecule is S=c1ccccn1CN1CCCC1. The van der Waals surface area contributed by atoms with Crippen molar-refractivity contribution in [1.29, 1.82) is 0 Å². The second kappa shape index (κ2) is 4.03. The van der Waals surface area contributed by atoms with Gasteiger partial charge in [-0.1, -0.05) is 18.3 Å². The molecule has 0 bridgehead atoms. The zero-order valence-corrected chi connectivity index (χ0v) is 8.46. The molecule has 1 aliphatic rings. The molecular weight excluding hydrogens is 180 g/mol. The molecule has 1 fully saturated rings. The van der Waals surface area contributed by atoms with E-state index in [1.165, 1.54) is 25.9 Å². The van der Waals surface area contributed by atoms with Crippen LogP contribution in [0.4, 0.5) is 0 Å². The van der Waals surface area contributed by atoms with Crippen LogP contribution in [0.15, 0.2) is 24.4 Å². The first-order valence-corrected chi connectivity index (χ1v) is 5.15. The number of rotatable bonds is 2. The number of aromatic nitrogens is 1. The summed E-state index contributed by atoms with van der Waals surface area (Å²) in [5, 5.41) is 0. The summed E-state index contributed by atoms with van der Waals surface area (Å²) in [6.07, 6.45) is 4.72. The number of pyridine rings is 1. The van der Waals surface area contributed by atoms with Crippen molar-refractivity contribution in [2.45, 2.75) is 19.5 Å². The monoisotopic (exact) mass is 194 g/mol. The molecule has 1 aromatic rings. The molecule has 3 heteroatoms. The van der Waals surface area contributed by atoms with Gasteiger partial charge in [-0.25, -0.2) is 0 Å². The maximum absolute atomic E-state index is 5.22. The van der Waals surface area contributed by atoms with Gasteiger partial charge in [-0.3, -0.25) is 4.90 Å². The molecule has 0 aromatic carbocycles. The van der Waals surface area contributed by atoms with Gasteiger partial charge < -0.3 is 4.57 Å². The molecule has 0 aliphatic carbocycles. The highest BCUT2D eigenvalue weighted by Crippen LogP contribution is 2.08. The second-order valence-electron chi connectivity index (χ2n) is 3.48.